The van der Waals surface area contributed by atoms with E-state index in [0.717, 1.165) is 12.1 Å². The Balaban J connectivity index is 3.09. The van der Waals surface area contributed by atoms with E-state index < -0.39 is 0 Å². The molecule has 0 saturated heterocycles. The zero-order valence-corrected chi connectivity index (χ0v) is 8.83. The van der Waals surface area contributed by atoms with Crippen LogP contribution in [0.4, 0.5) is 5.82 Å². The SMILES string of the molecule is CCC(C)c1ccc(C#N)c(NC)n1. The van der Waals surface area contributed by atoms with Gasteiger partial charge in [0.2, 0.25) is 0 Å². The monoisotopic (exact) mass is 189 g/mol. The normalized spacial score (nSPS) is 11.9. The van der Waals surface area contributed by atoms with Gasteiger partial charge in [-0.3, -0.25) is 0 Å². The minimum absolute atomic E-state index is 0.440. The molecule has 0 radical (unpaired) electrons. The summed E-state index contributed by atoms with van der Waals surface area (Å²) >= 11 is 0. The lowest BCUT2D eigenvalue weighted by Crippen LogP contribution is -2.02. The summed E-state index contributed by atoms with van der Waals surface area (Å²) in [5.74, 6) is 1.11. The second-order valence-corrected chi connectivity index (χ2v) is 3.30. The van der Waals surface area contributed by atoms with E-state index in [9.17, 15) is 0 Å². The van der Waals surface area contributed by atoms with Gasteiger partial charge in [-0.1, -0.05) is 13.8 Å². The molecule has 0 aliphatic carbocycles. The van der Waals surface area contributed by atoms with Gasteiger partial charge in [-0.25, -0.2) is 4.98 Å². The quantitative estimate of drug-likeness (QED) is 0.794. The van der Waals surface area contributed by atoms with Crippen molar-refractivity contribution in [2.45, 2.75) is 26.2 Å². The van der Waals surface area contributed by atoms with Crippen LogP contribution in [0.2, 0.25) is 0 Å². The van der Waals surface area contributed by atoms with Crippen molar-refractivity contribution in [2.75, 3.05) is 12.4 Å². The van der Waals surface area contributed by atoms with Crippen molar-refractivity contribution < 1.29 is 0 Å². The number of rotatable bonds is 3. The topological polar surface area (TPSA) is 48.7 Å². The largest absolute Gasteiger partial charge is 0.372 e. The van der Waals surface area contributed by atoms with Gasteiger partial charge in [0.15, 0.2) is 0 Å². The van der Waals surface area contributed by atoms with E-state index in [1.54, 1.807) is 7.05 Å². The Kier molecular flexibility index (Phi) is 3.47. The number of nitrogens with one attached hydrogen (secondary N) is 1. The number of aromatic nitrogens is 1. The number of anilines is 1. The molecule has 1 aromatic heterocycles. The molecule has 0 saturated carbocycles. The highest BCUT2D eigenvalue weighted by atomic mass is 15.0. The molecule has 1 aromatic rings. The average Bonchev–Trinajstić information content (AvgIpc) is 2.26. The van der Waals surface area contributed by atoms with Crippen molar-refractivity contribution >= 4 is 5.82 Å². The lowest BCUT2D eigenvalue weighted by molar-refractivity contribution is 0.709. The number of nitrogens with zero attached hydrogens (tertiary/aromatic N) is 2. The zero-order valence-electron chi connectivity index (χ0n) is 8.83. The second kappa shape index (κ2) is 4.61. The van der Waals surface area contributed by atoms with E-state index in [1.165, 1.54) is 0 Å². The number of nitriles is 1. The summed E-state index contributed by atoms with van der Waals surface area (Å²) in [7, 11) is 1.78. The molecule has 0 fully saturated rings. The van der Waals surface area contributed by atoms with Crippen molar-refractivity contribution in [3.05, 3.63) is 23.4 Å². The molecule has 1 unspecified atom stereocenters. The van der Waals surface area contributed by atoms with Crippen LogP contribution in [0, 0.1) is 11.3 Å². The fourth-order valence-electron chi connectivity index (χ4n) is 1.24. The Morgan fingerprint density at radius 2 is 2.29 bits per heavy atom. The molecule has 3 heteroatoms. The molecule has 3 nitrogen and oxygen atoms in total. The summed E-state index contributed by atoms with van der Waals surface area (Å²) in [5.41, 5.74) is 1.63. The third-order valence-electron chi connectivity index (χ3n) is 2.39. The van der Waals surface area contributed by atoms with Crippen LogP contribution < -0.4 is 5.32 Å². The lowest BCUT2D eigenvalue weighted by Gasteiger charge is -2.10. The third kappa shape index (κ3) is 2.02. The Morgan fingerprint density at radius 3 is 2.79 bits per heavy atom. The highest BCUT2D eigenvalue weighted by Gasteiger charge is 2.08. The smallest absolute Gasteiger partial charge is 0.143 e. The molecule has 0 aliphatic rings. The van der Waals surface area contributed by atoms with Gasteiger partial charge in [0.05, 0.1) is 5.56 Å². The van der Waals surface area contributed by atoms with E-state index >= 15 is 0 Å². The Bertz CT molecular complexity index is 352. The summed E-state index contributed by atoms with van der Waals surface area (Å²) in [6, 6.07) is 5.85. The summed E-state index contributed by atoms with van der Waals surface area (Å²) < 4.78 is 0. The van der Waals surface area contributed by atoms with E-state index in [1.807, 2.05) is 12.1 Å². The van der Waals surface area contributed by atoms with Crippen molar-refractivity contribution in [3.63, 3.8) is 0 Å². The molecular weight excluding hydrogens is 174 g/mol. The fraction of sp³-hybridized carbons (Fsp3) is 0.455. The van der Waals surface area contributed by atoms with Crippen LogP contribution in [0.3, 0.4) is 0 Å². The van der Waals surface area contributed by atoms with Crippen molar-refractivity contribution in [1.82, 2.24) is 4.98 Å². The van der Waals surface area contributed by atoms with Gasteiger partial charge < -0.3 is 5.32 Å². The minimum atomic E-state index is 0.440. The summed E-state index contributed by atoms with van der Waals surface area (Å²) in [5, 5.41) is 11.7. The minimum Gasteiger partial charge on any atom is -0.372 e. The Morgan fingerprint density at radius 1 is 1.57 bits per heavy atom. The Labute approximate surface area is 84.8 Å². The van der Waals surface area contributed by atoms with E-state index in [-0.39, 0.29) is 0 Å². The number of hydrogen-bond donors (Lipinski definition) is 1. The van der Waals surface area contributed by atoms with Crippen LogP contribution in [0.15, 0.2) is 12.1 Å². The maximum absolute atomic E-state index is 8.81. The molecule has 0 aliphatic heterocycles. The predicted octanol–water partition coefficient (Wildman–Crippen LogP) is 2.51. The molecule has 1 rings (SSSR count). The van der Waals surface area contributed by atoms with Crippen LogP contribution in [0.25, 0.3) is 0 Å². The van der Waals surface area contributed by atoms with Gasteiger partial charge in [-0.15, -0.1) is 0 Å². The second-order valence-electron chi connectivity index (χ2n) is 3.30. The molecule has 14 heavy (non-hydrogen) atoms. The zero-order chi connectivity index (χ0) is 10.6. The van der Waals surface area contributed by atoms with Crippen LogP contribution >= 0.6 is 0 Å². The standard InChI is InChI=1S/C11H15N3/c1-4-8(2)10-6-5-9(7-12)11(13-3)14-10/h5-6,8H,4H2,1-3H3,(H,13,14). The number of hydrogen-bond acceptors (Lipinski definition) is 3. The van der Waals surface area contributed by atoms with E-state index in [0.29, 0.717) is 17.3 Å². The van der Waals surface area contributed by atoms with Gasteiger partial charge in [0.1, 0.15) is 11.9 Å². The first-order chi connectivity index (χ1) is 6.72. The molecule has 0 bridgehead atoms. The summed E-state index contributed by atoms with van der Waals surface area (Å²) in [6.45, 7) is 4.26. The third-order valence-corrected chi connectivity index (χ3v) is 2.39. The molecule has 1 heterocycles. The highest BCUT2D eigenvalue weighted by molar-refractivity contribution is 5.51. The van der Waals surface area contributed by atoms with Crippen molar-refractivity contribution in [1.29, 1.82) is 5.26 Å². The molecule has 1 N–H and O–H groups in total. The van der Waals surface area contributed by atoms with E-state index in [2.05, 4.69) is 30.2 Å². The molecule has 1 atom stereocenters. The molecule has 0 amide bonds. The molecule has 0 aromatic carbocycles. The van der Waals surface area contributed by atoms with Crippen LogP contribution in [0.5, 0.6) is 0 Å². The lowest BCUT2D eigenvalue weighted by atomic mass is 10.0. The van der Waals surface area contributed by atoms with Crippen molar-refractivity contribution in [3.8, 4) is 6.07 Å². The maximum atomic E-state index is 8.81. The Hall–Kier alpha value is -1.56. The van der Waals surface area contributed by atoms with Gasteiger partial charge in [-0.05, 0) is 24.5 Å². The van der Waals surface area contributed by atoms with Gasteiger partial charge in [0, 0.05) is 12.7 Å². The van der Waals surface area contributed by atoms with Crippen LogP contribution in [-0.4, -0.2) is 12.0 Å². The highest BCUT2D eigenvalue weighted by Crippen LogP contribution is 2.20. The summed E-state index contributed by atoms with van der Waals surface area (Å²) in [6.07, 6.45) is 1.06. The van der Waals surface area contributed by atoms with Gasteiger partial charge in [-0.2, -0.15) is 5.26 Å². The first-order valence-electron chi connectivity index (χ1n) is 4.81. The van der Waals surface area contributed by atoms with Crippen LogP contribution in [0.1, 0.15) is 37.4 Å². The van der Waals surface area contributed by atoms with Gasteiger partial charge >= 0.3 is 0 Å². The van der Waals surface area contributed by atoms with E-state index in [4.69, 9.17) is 5.26 Å². The summed E-state index contributed by atoms with van der Waals surface area (Å²) in [4.78, 5) is 4.40. The maximum Gasteiger partial charge on any atom is 0.143 e. The first-order valence-corrected chi connectivity index (χ1v) is 4.81. The fourth-order valence-corrected chi connectivity index (χ4v) is 1.24. The number of pyridine rings is 1. The molecule has 74 valence electrons. The van der Waals surface area contributed by atoms with Crippen molar-refractivity contribution in [2.24, 2.45) is 0 Å². The predicted molar refractivity (Wildman–Crippen MR) is 57.2 cm³/mol. The van der Waals surface area contributed by atoms with Gasteiger partial charge in [0.25, 0.3) is 0 Å². The van der Waals surface area contributed by atoms with Crippen LogP contribution in [-0.2, 0) is 0 Å². The first kappa shape index (κ1) is 10.5. The molecular formula is C11H15N3. The molecule has 0 spiro atoms. The average molecular weight is 189 g/mol.